The van der Waals surface area contributed by atoms with E-state index in [4.69, 9.17) is 0 Å². The highest BCUT2D eigenvalue weighted by Gasteiger charge is 2.17. The van der Waals surface area contributed by atoms with Crippen LogP contribution in [0.1, 0.15) is 38.6 Å². The Labute approximate surface area is 107 Å². The summed E-state index contributed by atoms with van der Waals surface area (Å²) in [6.45, 7) is 6.90. The molecule has 1 fully saturated rings. The number of nitrogens with one attached hydrogen (secondary N) is 1. The van der Waals surface area contributed by atoms with Gasteiger partial charge in [0.15, 0.2) is 0 Å². The molecule has 0 radical (unpaired) electrons. The molecule has 2 heterocycles. The van der Waals surface area contributed by atoms with Crippen LogP contribution in [-0.4, -0.2) is 45.2 Å². The van der Waals surface area contributed by atoms with Crippen molar-refractivity contribution >= 4 is 5.91 Å². The first-order valence-electron chi connectivity index (χ1n) is 6.55. The molecule has 1 amide bonds. The van der Waals surface area contributed by atoms with Crippen LogP contribution >= 0.6 is 0 Å². The molecule has 0 saturated carbocycles. The van der Waals surface area contributed by atoms with Gasteiger partial charge in [-0.25, -0.2) is 9.67 Å². The summed E-state index contributed by atoms with van der Waals surface area (Å²) < 4.78 is 1.87. The van der Waals surface area contributed by atoms with E-state index in [1.807, 2.05) is 9.58 Å². The number of carbonyl (C=O) groups is 1. The van der Waals surface area contributed by atoms with Gasteiger partial charge in [-0.2, -0.15) is 5.10 Å². The van der Waals surface area contributed by atoms with Crippen LogP contribution in [0.2, 0.25) is 0 Å². The summed E-state index contributed by atoms with van der Waals surface area (Å²) >= 11 is 0. The van der Waals surface area contributed by atoms with Crippen LogP contribution in [-0.2, 0) is 11.3 Å². The fraction of sp³-hybridized carbons (Fsp3) is 0.750. The SMILES string of the molecule is CC(C)n1ncnc1CNCC(=O)N1CCCC1. The summed E-state index contributed by atoms with van der Waals surface area (Å²) in [6, 6.07) is 0.290. The van der Waals surface area contributed by atoms with Crippen molar-refractivity contribution in [1.29, 1.82) is 0 Å². The Kier molecular flexibility index (Phi) is 4.30. The van der Waals surface area contributed by atoms with E-state index in [2.05, 4.69) is 29.2 Å². The van der Waals surface area contributed by atoms with Crippen LogP contribution in [0.4, 0.5) is 0 Å². The van der Waals surface area contributed by atoms with Crippen LogP contribution in [0.15, 0.2) is 6.33 Å². The van der Waals surface area contributed by atoms with Crippen molar-refractivity contribution in [3.05, 3.63) is 12.2 Å². The number of nitrogens with zero attached hydrogens (tertiary/aromatic N) is 4. The van der Waals surface area contributed by atoms with Gasteiger partial charge in [-0.1, -0.05) is 0 Å². The van der Waals surface area contributed by atoms with Crippen molar-refractivity contribution in [2.24, 2.45) is 0 Å². The molecule has 1 aromatic rings. The van der Waals surface area contributed by atoms with Crippen molar-refractivity contribution < 1.29 is 4.79 Å². The highest BCUT2D eigenvalue weighted by Crippen LogP contribution is 2.07. The molecule has 1 N–H and O–H groups in total. The van der Waals surface area contributed by atoms with Crippen LogP contribution in [0.25, 0.3) is 0 Å². The highest BCUT2D eigenvalue weighted by atomic mass is 16.2. The first-order chi connectivity index (χ1) is 8.68. The standard InChI is InChI=1S/C12H21N5O/c1-10(2)17-11(14-9-15-17)7-13-8-12(18)16-5-3-4-6-16/h9-10,13H,3-8H2,1-2H3. The lowest BCUT2D eigenvalue weighted by molar-refractivity contribution is -0.129. The average molecular weight is 251 g/mol. The smallest absolute Gasteiger partial charge is 0.236 e. The second-order valence-electron chi connectivity index (χ2n) is 4.91. The first kappa shape index (κ1) is 13.0. The van der Waals surface area contributed by atoms with Gasteiger partial charge in [0.25, 0.3) is 0 Å². The summed E-state index contributed by atoms with van der Waals surface area (Å²) in [7, 11) is 0. The first-order valence-corrected chi connectivity index (χ1v) is 6.55. The number of amides is 1. The molecule has 1 saturated heterocycles. The minimum Gasteiger partial charge on any atom is -0.342 e. The van der Waals surface area contributed by atoms with Gasteiger partial charge in [0, 0.05) is 19.1 Å². The average Bonchev–Trinajstić information content (AvgIpc) is 2.99. The van der Waals surface area contributed by atoms with Crippen LogP contribution in [0, 0.1) is 0 Å². The number of likely N-dealkylation sites (tertiary alicyclic amines) is 1. The number of hydrogen-bond donors (Lipinski definition) is 1. The molecular formula is C12H21N5O. The summed E-state index contributed by atoms with van der Waals surface area (Å²) in [6.07, 6.45) is 3.82. The van der Waals surface area contributed by atoms with Crippen molar-refractivity contribution in [1.82, 2.24) is 25.0 Å². The molecule has 18 heavy (non-hydrogen) atoms. The van der Waals surface area contributed by atoms with Gasteiger partial charge >= 0.3 is 0 Å². The van der Waals surface area contributed by atoms with E-state index in [1.54, 1.807) is 6.33 Å². The predicted octanol–water partition coefficient (Wildman–Crippen LogP) is 0.571. The minimum absolute atomic E-state index is 0.183. The second kappa shape index (κ2) is 5.95. The minimum atomic E-state index is 0.183. The Morgan fingerprint density at radius 3 is 2.83 bits per heavy atom. The fourth-order valence-electron chi connectivity index (χ4n) is 2.19. The van der Waals surface area contributed by atoms with Gasteiger partial charge < -0.3 is 10.2 Å². The lowest BCUT2D eigenvalue weighted by Crippen LogP contribution is -2.36. The Morgan fingerprint density at radius 2 is 2.17 bits per heavy atom. The summed E-state index contributed by atoms with van der Waals surface area (Å²) in [5.41, 5.74) is 0. The fourth-order valence-corrected chi connectivity index (χ4v) is 2.19. The van der Waals surface area contributed by atoms with E-state index in [1.165, 1.54) is 0 Å². The molecule has 2 rings (SSSR count). The number of hydrogen-bond acceptors (Lipinski definition) is 4. The molecule has 1 aromatic heterocycles. The molecule has 0 aliphatic carbocycles. The Bertz CT molecular complexity index is 395. The zero-order chi connectivity index (χ0) is 13.0. The molecule has 0 atom stereocenters. The van der Waals surface area contributed by atoms with Gasteiger partial charge in [0.2, 0.25) is 5.91 Å². The van der Waals surface area contributed by atoms with Crippen LogP contribution < -0.4 is 5.32 Å². The van der Waals surface area contributed by atoms with Gasteiger partial charge in [-0.15, -0.1) is 0 Å². The third-order valence-electron chi connectivity index (χ3n) is 3.15. The van der Waals surface area contributed by atoms with Crippen molar-refractivity contribution in [2.45, 2.75) is 39.3 Å². The molecule has 1 aliphatic heterocycles. The maximum absolute atomic E-state index is 11.8. The maximum Gasteiger partial charge on any atom is 0.236 e. The number of carbonyl (C=O) groups excluding carboxylic acids is 1. The lowest BCUT2D eigenvalue weighted by Gasteiger charge is -2.15. The van der Waals surface area contributed by atoms with E-state index < -0.39 is 0 Å². The quantitative estimate of drug-likeness (QED) is 0.831. The molecule has 100 valence electrons. The second-order valence-corrected chi connectivity index (χ2v) is 4.91. The Balaban J connectivity index is 1.77. The van der Waals surface area contributed by atoms with Crippen LogP contribution in [0.3, 0.4) is 0 Å². The molecule has 0 bridgehead atoms. The summed E-state index contributed by atoms with van der Waals surface area (Å²) in [5, 5.41) is 7.31. The largest absolute Gasteiger partial charge is 0.342 e. The molecule has 6 heteroatoms. The lowest BCUT2D eigenvalue weighted by atomic mass is 10.4. The topological polar surface area (TPSA) is 63.1 Å². The third kappa shape index (κ3) is 3.07. The normalized spacial score (nSPS) is 15.6. The molecular weight excluding hydrogens is 230 g/mol. The van der Waals surface area contributed by atoms with Crippen LogP contribution in [0.5, 0.6) is 0 Å². The van der Waals surface area contributed by atoms with E-state index in [0.717, 1.165) is 31.8 Å². The third-order valence-corrected chi connectivity index (χ3v) is 3.15. The summed E-state index contributed by atoms with van der Waals surface area (Å²) in [4.78, 5) is 17.9. The van der Waals surface area contributed by atoms with E-state index in [-0.39, 0.29) is 5.91 Å². The predicted molar refractivity (Wildman–Crippen MR) is 67.9 cm³/mol. The van der Waals surface area contributed by atoms with E-state index >= 15 is 0 Å². The van der Waals surface area contributed by atoms with Gasteiger partial charge in [-0.05, 0) is 26.7 Å². The molecule has 0 aromatic carbocycles. The Hall–Kier alpha value is -1.43. The van der Waals surface area contributed by atoms with E-state index in [0.29, 0.717) is 19.1 Å². The van der Waals surface area contributed by atoms with Gasteiger partial charge in [-0.3, -0.25) is 4.79 Å². The van der Waals surface area contributed by atoms with Crippen molar-refractivity contribution in [2.75, 3.05) is 19.6 Å². The monoisotopic (exact) mass is 251 g/mol. The molecule has 0 unspecified atom stereocenters. The number of rotatable bonds is 5. The van der Waals surface area contributed by atoms with Crippen molar-refractivity contribution in [3.63, 3.8) is 0 Å². The zero-order valence-corrected chi connectivity index (χ0v) is 11.1. The molecule has 0 spiro atoms. The molecule has 1 aliphatic rings. The summed E-state index contributed by atoms with van der Waals surface area (Å²) in [5.74, 6) is 1.06. The van der Waals surface area contributed by atoms with Crippen molar-refractivity contribution in [3.8, 4) is 0 Å². The van der Waals surface area contributed by atoms with Gasteiger partial charge in [0.05, 0.1) is 13.1 Å². The van der Waals surface area contributed by atoms with Gasteiger partial charge in [0.1, 0.15) is 12.2 Å². The highest BCUT2D eigenvalue weighted by molar-refractivity contribution is 5.78. The Morgan fingerprint density at radius 1 is 1.44 bits per heavy atom. The van der Waals surface area contributed by atoms with E-state index in [9.17, 15) is 4.79 Å². The number of aromatic nitrogens is 3. The molecule has 6 nitrogen and oxygen atoms in total. The maximum atomic E-state index is 11.8. The zero-order valence-electron chi connectivity index (χ0n) is 11.1.